The topological polar surface area (TPSA) is 0 Å². The van der Waals surface area contributed by atoms with Gasteiger partial charge < -0.3 is 0 Å². The largest absolute Gasteiger partial charge is 0.106 e. The van der Waals surface area contributed by atoms with Crippen molar-refractivity contribution in [1.29, 1.82) is 0 Å². The molecule has 2 aliphatic carbocycles. The van der Waals surface area contributed by atoms with Crippen LogP contribution >= 0.6 is 0 Å². The Morgan fingerprint density at radius 2 is 0.229 bits per heavy atom. The lowest BCUT2D eigenvalue weighted by Gasteiger charge is -2.11. The number of rotatable bonds is 0. The maximum absolute atomic E-state index is 3.76. The van der Waals surface area contributed by atoms with Crippen LogP contribution in [0.1, 0.15) is 128 Å². The molecule has 0 radical (unpaired) electrons. The highest BCUT2D eigenvalue weighted by Gasteiger charge is 2.02. The highest BCUT2D eigenvalue weighted by atomic mass is 14.1. The van der Waals surface area contributed by atoms with Gasteiger partial charge in [-0.1, -0.05) is 113 Å². The Hall–Kier alpha value is -3.90. The summed E-state index contributed by atoms with van der Waals surface area (Å²) in [6, 6.07) is 0. The summed E-state index contributed by atoms with van der Waals surface area (Å²) in [6.07, 6.45) is 7.94. The predicted molar refractivity (Wildman–Crippen MR) is 273 cm³/mol. The number of allylic oxidation sites excluding steroid dienone is 2. The molecule has 0 nitrogen and oxygen atoms in total. The van der Waals surface area contributed by atoms with Crippen molar-refractivity contribution in [2.75, 3.05) is 0 Å². The lowest BCUT2D eigenvalue weighted by atomic mass is 9.95. The van der Waals surface area contributed by atoms with Crippen LogP contribution in [0.4, 0.5) is 0 Å². The summed E-state index contributed by atoms with van der Waals surface area (Å²) in [5.74, 6) is 0. The van der Waals surface area contributed by atoms with Gasteiger partial charge in [0, 0.05) is 0 Å². The number of hydrogen-bond acceptors (Lipinski definition) is 0. The van der Waals surface area contributed by atoms with Gasteiger partial charge in [0.2, 0.25) is 0 Å². The van der Waals surface area contributed by atoms with Crippen LogP contribution in [0.3, 0.4) is 0 Å². The minimum atomic E-state index is 0. The smallest absolute Gasteiger partial charge is 0.0320 e. The third-order valence-electron chi connectivity index (χ3n) is 2.12. The highest BCUT2D eigenvalue weighted by Crippen LogP contribution is 2.22. The van der Waals surface area contributed by atoms with E-state index in [1.54, 1.807) is 0 Å². The third kappa shape index (κ3) is 1080. The average molecular weight is 693 g/mol. The first-order valence-electron chi connectivity index (χ1n) is 10.6. The zero-order chi connectivity index (χ0) is 33.4. The van der Waals surface area contributed by atoms with Gasteiger partial charge in [0.25, 0.3) is 0 Å². The summed E-state index contributed by atoms with van der Waals surface area (Å²) >= 11 is 0. The molecule has 0 spiro atoms. The Morgan fingerprint density at radius 1 is 0.188 bits per heavy atom. The van der Waals surface area contributed by atoms with E-state index in [4.69, 9.17) is 0 Å². The van der Waals surface area contributed by atoms with Gasteiger partial charge in [0.15, 0.2) is 0 Å². The van der Waals surface area contributed by atoms with E-state index in [0.29, 0.717) is 0 Å². The molecule has 48 heavy (non-hydrogen) atoms. The molecule has 0 aromatic heterocycles. The molecule has 0 unspecified atom stereocenters. The molecular formula is C48H116. The third-order valence-corrected chi connectivity index (χ3v) is 2.12. The molecule has 2 rings (SSSR count). The van der Waals surface area contributed by atoms with Crippen molar-refractivity contribution in [3.63, 3.8) is 0 Å². The van der Waals surface area contributed by atoms with E-state index in [1.807, 2.05) is 0 Å². The minimum Gasteiger partial charge on any atom is -0.106 e. The fourth-order valence-electron chi connectivity index (χ4n) is 0.854. The Balaban J connectivity index is -0.00000000515. The van der Waals surface area contributed by atoms with Crippen LogP contribution in [0.5, 0.6) is 0 Å². The van der Waals surface area contributed by atoms with Gasteiger partial charge in [0.1, 0.15) is 0 Å². The Bertz CT molecular complexity index is 221. The molecule has 0 N–H and O–H groups in total. The Labute approximate surface area is 322 Å². The number of hydrogen-bond donors (Lipinski definition) is 0. The molecule has 2 fully saturated rings. The summed E-state index contributed by atoms with van der Waals surface area (Å²) in [5, 5.41) is 0. The van der Waals surface area contributed by atoms with E-state index in [-0.39, 0.29) is 89.1 Å². The van der Waals surface area contributed by atoms with E-state index in [9.17, 15) is 0 Å². The van der Waals surface area contributed by atoms with Crippen LogP contribution in [0.25, 0.3) is 0 Å². The SMILES string of the molecule is C.C.C.C.C.C.C.C.C.C.C.C.C=C.C=C.C=C.C=C.C=C.C=C.C=C.C=C.C=C.C=C.C=C.C=C.C=C.C=C1CCC1.C=C1CCC1. The van der Waals surface area contributed by atoms with Crippen LogP contribution in [0, 0.1) is 0 Å². The van der Waals surface area contributed by atoms with Crippen LogP contribution in [-0.2, 0) is 0 Å². The second-order valence-electron chi connectivity index (χ2n) is 3.21. The summed E-state index contributed by atoms with van der Waals surface area (Å²) in [7, 11) is 0. The van der Waals surface area contributed by atoms with Gasteiger partial charge in [-0.15, -0.1) is 171 Å². The molecule has 0 heterocycles. The van der Waals surface area contributed by atoms with Crippen molar-refractivity contribution in [2.45, 2.75) is 128 Å². The first-order valence-corrected chi connectivity index (χ1v) is 10.6. The molecule has 0 bridgehead atoms. The van der Waals surface area contributed by atoms with E-state index in [2.05, 4.69) is 184 Å². The van der Waals surface area contributed by atoms with Crippen LogP contribution < -0.4 is 0 Å². The van der Waals surface area contributed by atoms with Crippen molar-refractivity contribution in [1.82, 2.24) is 0 Å². The van der Waals surface area contributed by atoms with Crippen molar-refractivity contribution in [3.8, 4) is 0 Å². The van der Waals surface area contributed by atoms with E-state index in [0.717, 1.165) is 0 Å². The normalized spacial score (nSPS) is 5.67. The fourth-order valence-corrected chi connectivity index (χ4v) is 0.854. The lowest BCUT2D eigenvalue weighted by molar-refractivity contribution is 0.667. The molecule has 0 heteroatoms. The van der Waals surface area contributed by atoms with Gasteiger partial charge in [-0.3, -0.25) is 0 Å². The van der Waals surface area contributed by atoms with Crippen molar-refractivity contribution >= 4 is 0 Å². The zero-order valence-electron chi connectivity index (χ0n) is 25.0. The molecule has 0 saturated heterocycles. The molecule has 2 aliphatic rings. The minimum absolute atomic E-state index is 0. The van der Waals surface area contributed by atoms with Crippen molar-refractivity contribution < 1.29 is 0 Å². The first kappa shape index (κ1) is 225. The predicted octanol–water partition coefficient (Wildman–Crippen LogP) is 21.5. The van der Waals surface area contributed by atoms with Gasteiger partial charge in [-0.2, -0.15) is 0 Å². The van der Waals surface area contributed by atoms with Gasteiger partial charge in [-0.25, -0.2) is 0 Å². The van der Waals surface area contributed by atoms with Crippen LogP contribution in [-0.4, -0.2) is 0 Å². The molecule has 0 atom stereocenters. The van der Waals surface area contributed by atoms with Crippen molar-refractivity contribution in [3.05, 3.63) is 195 Å². The van der Waals surface area contributed by atoms with Gasteiger partial charge in [0.05, 0.1) is 0 Å². The van der Waals surface area contributed by atoms with Crippen LogP contribution in [0.15, 0.2) is 195 Å². The maximum Gasteiger partial charge on any atom is -0.0320 e. The van der Waals surface area contributed by atoms with E-state index >= 15 is 0 Å². The Morgan fingerprint density at radius 3 is 0.229 bits per heavy atom. The van der Waals surface area contributed by atoms with Crippen LogP contribution in [0.2, 0.25) is 0 Å². The van der Waals surface area contributed by atoms with Gasteiger partial charge >= 0.3 is 0 Å². The standard InChI is InChI=1S/2C5H8.13C2H4.12CH4/c2*1-5-3-2-4-5;13*1-2;;;;;;;;;;;;/h2*1-4H2;13*1-2H2;12*1H4. The quantitative estimate of drug-likeness (QED) is 0.222. The highest BCUT2D eigenvalue weighted by molar-refractivity contribution is 5.02. The first-order chi connectivity index (χ1) is 17.8. The van der Waals surface area contributed by atoms with Gasteiger partial charge in [-0.05, 0) is 38.5 Å². The Kier molecular flexibility index (Phi) is 5450. The second kappa shape index (κ2) is 1160. The molecule has 0 aromatic rings. The summed E-state index contributed by atoms with van der Waals surface area (Å²) in [5.41, 5.74) is 2.87. The zero-order valence-corrected chi connectivity index (χ0v) is 25.0. The van der Waals surface area contributed by atoms with E-state index < -0.39 is 0 Å². The molecule has 0 aliphatic heterocycles. The monoisotopic (exact) mass is 693 g/mol. The molecule has 2 saturated carbocycles. The lowest BCUT2D eigenvalue weighted by Crippen LogP contribution is -1.92. The summed E-state index contributed by atoms with van der Waals surface area (Å²) in [4.78, 5) is 0. The molecule has 308 valence electrons. The van der Waals surface area contributed by atoms with Crippen molar-refractivity contribution in [2.24, 2.45) is 0 Å². The second-order valence-corrected chi connectivity index (χ2v) is 3.21. The molecule has 0 amide bonds. The average Bonchev–Trinajstić information content (AvgIpc) is 3.04. The van der Waals surface area contributed by atoms with E-state index in [1.165, 1.54) is 49.7 Å². The molecule has 0 aromatic carbocycles. The summed E-state index contributed by atoms with van der Waals surface area (Å²) < 4.78 is 0. The molecular weight excluding hydrogens is 577 g/mol. The maximum atomic E-state index is 3.76. The summed E-state index contributed by atoms with van der Waals surface area (Å²) in [6.45, 7) is 85.5. The fraction of sp³-hybridized carbons (Fsp3) is 0.375.